The average molecular weight is 555 g/mol. The quantitative estimate of drug-likeness (QED) is 0.292. The van der Waals surface area contributed by atoms with Gasteiger partial charge >= 0.3 is 12.4 Å². The second kappa shape index (κ2) is 9.62. The van der Waals surface area contributed by atoms with Crippen LogP contribution in [0.5, 0.6) is 0 Å². The molecule has 0 atom stereocenters. The number of aromatic nitrogens is 2. The first kappa shape index (κ1) is 26.0. The number of rotatable bonds is 4. The number of morpholine rings is 1. The SMILES string of the molecule is Cc1nn(-c2cccc(C(F)(F)F)c2)c2sc(C(=O)Nc3cc(C(F)(F)F)ccc3N3CCOCC3)cc12. The fraction of sp³-hybridized carbons (Fsp3) is 0.280. The first-order chi connectivity index (χ1) is 17.9. The Labute approximate surface area is 216 Å². The summed E-state index contributed by atoms with van der Waals surface area (Å²) < 4.78 is 86.6. The molecular weight excluding hydrogens is 534 g/mol. The highest BCUT2D eigenvalue weighted by Crippen LogP contribution is 2.37. The number of benzene rings is 2. The van der Waals surface area contributed by atoms with Gasteiger partial charge in [-0.3, -0.25) is 4.79 Å². The second-order valence-electron chi connectivity index (χ2n) is 8.66. The van der Waals surface area contributed by atoms with Crippen LogP contribution in [0.3, 0.4) is 0 Å². The van der Waals surface area contributed by atoms with Gasteiger partial charge in [-0.2, -0.15) is 31.4 Å². The molecule has 0 radical (unpaired) electrons. The van der Waals surface area contributed by atoms with Crippen molar-refractivity contribution in [2.75, 3.05) is 36.5 Å². The fourth-order valence-corrected chi connectivity index (χ4v) is 5.30. The van der Waals surface area contributed by atoms with Gasteiger partial charge in [-0.1, -0.05) is 6.07 Å². The maximum Gasteiger partial charge on any atom is 0.416 e. The van der Waals surface area contributed by atoms with Crippen molar-refractivity contribution >= 4 is 38.8 Å². The highest BCUT2D eigenvalue weighted by Gasteiger charge is 2.33. The summed E-state index contributed by atoms with van der Waals surface area (Å²) in [5, 5.41) is 7.48. The summed E-state index contributed by atoms with van der Waals surface area (Å²) in [7, 11) is 0. The van der Waals surface area contributed by atoms with E-state index in [2.05, 4.69) is 10.4 Å². The second-order valence-corrected chi connectivity index (χ2v) is 9.69. The molecular formula is C25H20F6N4O2S. The summed E-state index contributed by atoms with van der Waals surface area (Å²) in [6.45, 7) is 3.35. The van der Waals surface area contributed by atoms with E-state index in [1.165, 1.54) is 28.9 Å². The standard InChI is InChI=1S/C25H20F6N4O2S/c1-14-18-13-21(38-23(18)35(33-14)17-4-2-3-15(11-17)24(26,27)28)22(36)32-19-12-16(25(29,30)31)5-6-20(19)34-7-9-37-10-8-34/h2-6,11-13H,7-10H2,1H3,(H,32,36). The Bertz CT molecular complexity index is 1500. The van der Waals surface area contributed by atoms with Crippen molar-refractivity contribution in [3.63, 3.8) is 0 Å². The highest BCUT2D eigenvalue weighted by atomic mass is 32.1. The van der Waals surface area contributed by atoms with Gasteiger partial charge in [-0.05, 0) is 49.4 Å². The van der Waals surface area contributed by atoms with Gasteiger partial charge in [-0.25, -0.2) is 4.68 Å². The van der Waals surface area contributed by atoms with E-state index in [9.17, 15) is 31.1 Å². The molecule has 0 spiro atoms. The molecule has 1 fully saturated rings. The average Bonchev–Trinajstić information content (AvgIpc) is 3.44. The Morgan fingerprint density at radius 1 is 0.974 bits per heavy atom. The summed E-state index contributed by atoms with van der Waals surface area (Å²) >= 11 is 0.983. The van der Waals surface area contributed by atoms with Crippen LogP contribution >= 0.6 is 11.3 Å². The minimum atomic E-state index is -4.61. The van der Waals surface area contributed by atoms with Gasteiger partial charge in [0.2, 0.25) is 0 Å². The van der Waals surface area contributed by atoms with Crippen LogP contribution in [0.1, 0.15) is 26.5 Å². The zero-order valence-corrected chi connectivity index (χ0v) is 20.6. The van der Waals surface area contributed by atoms with Crippen molar-refractivity contribution in [3.05, 3.63) is 70.2 Å². The Morgan fingerprint density at radius 2 is 1.66 bits per heavy atom. The number of halogens is 6. The first-order valence-corrected chi connectivity index (χ1v) is 12.3. The van der Waals surface area contributed by atoms with Gasteiger partial charge in [0.15, 0.2) is 0 Å². The summed E-state index contributed by atoms with van der Waals surface area (Å²) in [5.41, 5.74) is -0.661. The zero-order valence-electron chi connectivity index (χ0n) is 19.8. The molecule has 38 heavy (non-hydrogen) atoms. The van der Waals surface area contributed by atoms with Gasteiger partial charge in [0, 0.05) is 18.5 Å². The molecule has 6 nitrogen and oxygen atoms in total. The largest absolute Gasteiger partial charge is 0.416 e. The molecule has 5 rings (SSSR count). The first-order valence-electron chi connectivity index (χ1n) is 11.4. The number of amides is 1. The van der Waals surface area contributed by atoms with Crippen LogP contribution in [-0.4, -0.2) is 42.0 Å². The molecule has 2 aromatic carbocycles. The number of ether oxygens (including phenoxy) is 1. The van der Waals surface area contributed by atoms with E-state index >= 15 is 0 Å². The van der Waals surface area contributed by atoms with E-state index in [0.717, 1.165) is 35.6 Å². The number of carbonyl (C=O) groups is 1. The number of aryl methyl sites for hydroxylation is 1. The predicted molar refractivity (Wildman–Crippen MR) is 131 cm³/mol. The third-order valence-electron chi connectivity index (χ3n) is 6.11. The smallest absolute Gasteiger partial charge is 0.378 e. The zero-order chi connectivity index (χ0) is 27.2. The van der Waals surface area contributed by atoms with Crippen LogP contribution in [0.15, 0.2) is 48.5 Å². The van der Waals surface area contributed by atoms with Crippen LogP contribution in [0, 0.1) is 6.92 Å². The van der Waals surface area contributed by atoms with Gasteiger partial charge < -0.3 is 15.0 Å². The molecule has 3 heterocycles. The molecule has 1 amide bonds. The molecule has 2 aromatic heterocycles. The molecule has 1 saturated heterocycles. The number of hydrogen-bond acceptors (Lipinski definition) is 5. The number of carbonyl (C=O) groups excluding carboxylic acids is 1. The fourth-order valence-electron chi connectivity index (χ4n) is 4.22. The molecule has 0 aliphatic carbocycles. The lowest BCUT2D eigenvalue weighted by atomic mass is 10.1. The van der Waals surface area contributed by atoms with Gasteiger partial charge in [0.05, 0.1) is 52.0 Å². The number of alkyl halides is 6. The monoisotopic (exact) mass is 554 g/mol. The van der Waals surface area contributed by atoms with Gasteiger partial charge in [0.25, 0.3) is 5.91 Å². The number of thiophene rings is 1. The minimum Gasteiger partial charge on any atom is -0.378 e. The molecule has 0 bridgehead atoms. The van der Waals surface area contributed by atoms with Crippen molar-refractivity contribution < 1.29 is 35.9 Å². The van der Waals surface area contributed by atoms with E-state index in [1.807, 2.05) is 4.90 Å². The Kier molecular flexibility index (Phi) is 6.59. The normalized spacial score (nSPS) is 14.8. The van der Waals surface area contributed by atoms with Crippen LogP contribution in [0.25, 0.3) is 15.9 Å². The number of fused-ring (bicyclic) bond motifs is 1. The molecule has 0 saturated carbocycles. The van der Waals surface area contributed by atoms with Crippen molar-refractivity contribution in [1.82, 2.24) is 9.78 Å². The van der Waals surface area contributed by atoms with E-state index < -0.39 is 29.4 Å². The Balaban J connectivity index is 1.50. The summed E-state index contributed by atoms with van der Waals surface area (Å²) in [6.07, 6.45) is -9.15. The molecule has 13 heteroatoms. The van der Waals surface area contributed by atoms with Crippen LogP contribution in [0.2, 0.25) is 0 Å². The predicted octanol–water partition coefficient (Wildman–Crippen LogP) is 6.52. The third kappa shape index (κ3) is 5.07. The van der Waals surface area contributed by atoms with Crippen molar-refractivity contribution in [2.24, 2.45) is 0 Å². The summed E-state index contributed by atoms with van der Waals surface area (Å²) in [5.74, 6) is -0.643. The van der Waals surface area contributed by atoms with Gasteiger partial charge in [0.1, 0.15) is 4.83 Å². The van der Waals surface area contributed by atoms with Crippen LogP contribution in [0.4, 0.5) is 37.7 Å². The maximum atomic E-state index is 13.4. The molecule has 1 aliphatic rings. The van der Waals surface area contributed by atoms with E-state index in [-0.39, 0.29) is 16.3 Å². The van der Waals surface area contributed by atoms with Gasteiger partial charge in [-0.15, -0.1) is 11.3 Å². The molecule has 200 valence electrons. The molecule has 4 aromatic rings. The van der Waals surface area contributed by atoms with Crippen molar-refractivity contribution in [3.8, 4) is 5.69 Å². The Morgan fingerprint density at radius 3 is 2.34 bits per heavy atom. The van der Waals surface area contributed by atoms with Crippen molar-refractivity contribution in [2.45, 2.75) is 19.3 Å². The van der Waals surface area contributed by atoms with E-state index in [1.54, 1.807) is 6.92 Å². The Hall–Kier alpha value is -3.58. The molecule has 1 aliphatic heterocycles. The highest BCUT2D eigenvalue weighted by molar-refractivity contribution is 7.20. The number of anilines is 2. The lowest BCUT2D eigenvalue weighted by Crippen LogP contribution is -2.36. The lowest BCUT2D eigenvalue weighted by Gasteiger charge is -2.31. The third-order valence-corrected chi connectivity index (χ3v) is 7.22. The molecule has 1 N–H and O–H groups in total. The molecule has 0 unspecified atom stereocenters. The number of nitrogens with one attached hydrogen (secondary N) is 1. The van der Waals surface area contributed by atoms with E-state index in [4.69, 9.17) is 4.74 Å². The van der Waals surface area contributed by atoms with Crippen molar-refractivity contribution in [1.29, 1.82) is 0 Å². The number of nitrogens with zero attached hydrogens (tertiary/aromatic N) is 3. The maximum absolute atomic E-state index is 13.4. The summed E-state index contributed by atoms with van der Waals surface area (Å²) in [4.78, 5) is 15.7. The van der Waals surface area contributed by atoms with Crippen LogP contribution in [-0.2, 0) is 17.1 Å². The summed E-state index contributed by atoms with van der Waals surface area (Å²) in [6, 6.07) is 9.36. The topological polar surface area (TPSA) is 59.4 Å². The van der Waals surface area contributed by atoms with E-state index in [0.29, 0.717) is 47.9 Å². The number of hydrogen-bond donors (Lipinski definition) is 1. The van der Waals surface area contributed by atoms with Crippen LogP contribution < -0.4 is 10.2 Å². The minimum absolute atomic E-state index is 0.000378. The lowest BCUT2D eigenvalue weighted by molar-refractivity contribution is -0.138.